The molecule has 1 aromatic carbocycles. The van der Waals surface area contributed by atoms with E-state index in [4.69, 9.17) is 0 Å². The van der Waals surface area contributed by atoms with Gasteiger partial charge in [0.05, 0.1) is 11.5 Å². The van der Waals surface area contributed by atoms with Crippen LogP contribution in [0.2, 0.25) is 0 Å². The number of rotatable bonds is 2. The van der Waals surface area contributed by atoms with Crippen LogP contribution in [0.1, 0.15) is 30.4 Å². The molecule has 1 aromatic heterocycles. The van der Waals surface area contributed by atoms with Gasteiger partial charge in [-0.1, -0.05) is 12.5 Å². The van der Waals surface area contributed by atoms with Crippen LogP contribution in [0, 0.1) is 23.7 Å². The summed E-state index contributed by atoms with van der Waals surface area (Å²) in [7, 11) is 0. The molecule has 2 aromatic rings. The van der Waals surface area contributed by atoms with Crippen molar-refractivity contribution in [3.63, 3.8) is 0 Å². The van der Waals surface area contributed by atoms with Gasteiger partial charge in [0.15, 0.2) is 0 Å². The molecule has 0 amide bonds. The molecule has 1 saturated carbocycles. The normalized spacial score (nSPS) is 16.8. The van der Waals surface area contributed by atoms with Crippen LogP contribution in [-0.4, -0.2) is 4.98 Å². The first-order valence-electron chi connectivity index (χ1n) is 6.66. The van der Waals surface area contributed by atoms with Gasteiger partial charge in [-0.25, -0.2) is 0 Å². The molecule has 0 atom stereocenters. The minimum atomic E-state index is -0.148. The third kappa shape index (κ3) is 2.04. The van der Waals surface area contributed by atoms with Crippen molar-refractivity contribution in [3.05, 3.63) is 45.7 Å². The number of hydrogen-bond acceptors (Lipinski definition) is 2. The molecule has 0 saturated heterocycles. The van der Waals surface area contributed by atoms with Gasteiger partial charge in [-0.15, -0.1) is 0 Å². The summed E-state index contributed by atoms with van der Waals surface area (Å²) >= 11 is 0. The van der Waals surface area contributed by atoms with E-state index in [0.717, 1.165) is 42.1 Å². The van der Waals surface area contributed by atoms with Gasteiger partial charge in [-0.3, -0.25) is 4.79 Å². The van der Waals surface area contributed by atoms with E-state index in [-0.39, 0.29) is 11.0 Å². The molecule has 0 unspecified atom stereocenters. The molecular weight excluding hydrogens is 236 g/mol. The molecule has 1 aliphatic rings. The molecule has 0 aliphatic heterocycles. The zero-order valence-corrected chi connectivity index (χ0v) is 11.0. The number of fused-ring (bicyclic) bond motifs is 1. The summed E-state index contributed by atoms with van der Waals surface area (Å²) in [6.45, 7) is 1.81. The summed E-state index contributed by atoms with van der Waals surface area (Å²) in [6, 6.07) is 10.4. The molecule has 0 spiro atoms. The maximum Gasteiger partial charge on any atom is 0.251 e. The van der Waals surface area contributed by atoms with Crippen molar-refractivity contribution >= 4 is 10.9 Å². The Labute approximate surface area is 111 Å². The van der Waals surface area contributed by atoms with Crippen LogP contribution >= 0.6 is 0 Å². The number of nitriles is 1. The van der Waals surface area contributed by atoms with Crippen molar-refractivity contribution in [1.29, 1.82) is 5.26 Å². The second kappa shape index (κ2) is 4.24. The average molecular weight is 252 g/mol. The van der Waals surface area contributed by atoms with Crippen LogP contribution in [-0.2, 0) is 6.42 Å². The highest BCUT2D eigenvalue weighted by molar-refractivity contribution is 5.79. The Kier molecular flexibility index (Phi) is 2.67. The van der Waals surface area contributed by atoms with Crippen molar-refractivity contribution in [2.45, 2.75) is 32.6 Å². The third-order valence-electron chi connectivity index (χ3n) is 4.18. The minimum absolute atomic E-state index is 0.0345. The summed E-state index contributed by atoms with van der Waals surface area (Å²) in [5, 5.41) is 10.3. The maximum absolute atomic E-state index is 11.5. The number of hydrogen-bond donors (Lipinski definition) is 1. The SMILES string of the molecule is Cc1cc2cc(CC3(C#N)CCC3)ccc2[nH]c1=O. The molecule has 1 heterocycles. The molecule has 0 radical (unpaired) electrons. The highest BCUT2D eigenvalue weighted by Crippen LogP contribution is 2.43. The Morgan fingerprint density at radius 1 is 1.37 bits per heavy atom. The highest BCUT2D eigenvalue weighted by Gasteiger charge is 2.37. The zero-order chi connectivity index (χ0) is 13.5. The van der Waals surface area contributed by atoms with Crippen LogP contribution in [0.15, 0.2) is 29.1 Å². The lowest BCUT2D eigenvalue weighted by molar-refractivity contribution is 0.214. The predicted octanol–water partition coefficient (Wildman–Crippen LogP) is 3.07. The Balaban J connectivity index is 2.00. The summed E-state index contributed by atoms with van der Waals surface area (Å²) in [4.78, 5) is 14.4. The van der Waals surface area contributed by atoms with Crippen LogP contribution in [0.3, 0.4) is 0 Å². The largest absolute Gasteiger partial charge is 0.322 e. The van der Waals surface area contributed by atoms with E-state index in [0.29, 0.717) is 0 Å². The number of benzene rings is 1. The Morgan fingerprint density at radius 3 is 2.79 bits per heavy atom. The molecule has 3 heteroatoms. The van der Waals surface area contributed by atoms with Crippen LogP contribution < -0.4 is 5.56 Å². The van der Waals surface area contributed by atoms with Gasteiger partial charge in [-0.05, 0) is 55.3 Å². The molecule has 19 heavy (non-hydrogen) atoms. The molecule has 1 N–H and O–H groups in total. The number of H-pyrrole nitrogens is 1. The van der Waals surface area contributed by atoms with Crippen molar-refractivity contribution in [2.24, 2.45) is 5.41 Å². The van der Waals surface area contributed by atoms with Crippen LogP contribution in [0.25, 0.3) is 10.9 Å². The fraction of sp³-hybridized carbons (Fsp3) is 0.375. The van der Waals surface area contributed by atoms with E-state index in [9.17, 15) is 10.1 Å². The van der Waals surface area contributed by atoms with Crippen molar-refractivity contribution in [2.75, 3.05) is 0 Å². The molecule has 96 valence electrons. The van der Waals surface area contributed by atoms with E-state index in [2.05, 4.69) is 17.1 Å². The van der Waals surface area contributed by atoms with E-state index in [1.165, 1.54) is 5.56 Å². The first-order valence-corrected chi connectivity index (χ1v) is 6.66. The van der Waals surface area contributed by atoms with Gasteiger partial charge in [0.2, 0.25) is 0 Å². The van der Waals surface area contributed by atoms with Gasteiger partial charge in [0, 0.05) is 11.1 Å². The molecule has 3 rings (SSSR count). The van der Waals surface area contributed by atoms with Crippen LogP contribution in [0.4, 0.5) is 0 Å². The monoisotopic (exact) mass is 252 g/mol. The topological polar surface area (TPSA) is 56.6 Å². The molecule has 0 bridgehead atoms. The summed E-state index contributed by atoms with van der Waals surface area (Å²) in [5.74, 6) is 0. The fourth-order valence-corrected chi connectivity index (χ4v) is 2.80. The Morgan fingerprint density at radius 2 is 2.16 bits per heavy atom. The number of aromatic nitrogens is 1. The van der Waals surface area contributed by atoms with Crippen molar-refractivity contribution < 1.29 is 0 Å². The van der Waals surface area contributed by atoms with Gasteiger partial charge >= 0.3 is 0 Å². The van der Waals surface area contributed by atoms with E-state index < -0.39 is 0 Å². The average Bonchev–Trinajstić information content (AvgIpc) is 2.35. The zero-order valence-electron chi connectivity index (χ0n) is 11.0. The Hall–Kier alpha value is -2.08. The van der Waals surface area contributed by atoms with Gasteiger partial charge in [0.1, 0.15) is 0 Å². The van der Waals surface area contributed by atoms with Crippen LogP contribution in [0.5, 0.6) is 0 Å². The second-order valence-electron chi connectivity index (χ2n) is 5.63. The number of aryl methyl sites for hydroxylation is 1. The summed E-state index contributed by atoms with van der Waals surface area (Å²) in [6.07, 6.45) is 3.99. The van der Waals surface area contributed by atoms with Gasteiger partial charge < -0.3 is 4.98 Å². The summed E-state index contributed by atoms with van der Waals surface area (Å²) in [5.41, 5.74) is 2.58. The molecule has 1 fully saturated rings. The standard InChI is InChI=1S/C16H16N2O/c1-11-7-13-8-12(3-4-14(13)18-15(11)19)9-16(10-17)5-2-6-16/h3-4,7-8H,2,5-6,9H2,1H3,(H,18,19). The van der Waals surface area contributed by atoms with Crippen molar-refractivity contribution in [1.82, 2.24) is 4.98 Å². The second-order valence-corrected chi connectivity index (χ2v) is 5.63. The number of nitrogens with zero attached hydrogens (tertiary/aromatic N) is 1. The third-order valence-corrected chi connectivity index (χ3v) is 4.18. The first kappa shape index (κ1) is 12.0. The number of nitrogens with one attached hydrogen (secondary N) is 1. The lowest BCUT2D eigenvalue weighted by atomic mass is 9.66. The van der Waals surface area contributed by atoms with Crippen molar-refractivity contribution in [3.8, 4) is 6.07 Å². The van der Waals surface area contributed by atoms with E-state index in [1.54, 1.807) is 0 Å². The van der Waals surface area contributed by atoms with Gasteiger partial charge in [0.25, 0.3) is 5.56 Å². The van der Waals surface area contributed by atoms with E-state index in [1.807, 2.05) is 25.1 Å². The number of aromatic amines is 1. The van der Waals surface area contributed by atoms with Gasteiger partial charge in [-0.2, -0.15) is 5.26 Å². The lowest BCUT2D eigenvalue weighted by Gasteiger charge is -2.35. The predicted molar refractivity (Wildman–Crippen MR) is 74.9 cm³/mol. The Bertz CT molecular complexity index is 732. The maximum atomic E-state index is 11.5. The van der Waals surface area contributed by atoms with E-state index >= 15 is 0 Å². The molecular formula is C16H16N2O. The first-order chi connectivity index (χ1) is 9.12. The lowest BCUT2D eigenvalue weighted by Crippen LogP contribution is -2.29. The highest BCUT2D eigenvalue weighted by atomic mass is 16.1. The fourth-order valence-electron chi connectivity index (χ4n) is 2.80. The minimum Gasteiger partial charge on any atom is -0.322 e. The quantitative estimate of drug-likeness (QED) is 0.893. The number of pyridine rings is 1. The molecule has 1 aliphatic carbocycles. The smallest absolute Gasteiger partial charge is 0.251 e. The molecule has 3 nitrogen and oxygen atoms in total. The summed E-state index contributed by atoms with van der Waals surface area (Å²) < 4.78 is 0.